The van der Waals surface area contributed by atoms with Crippen LogP contribution in [0.15, 0.2) is 199 Å². The first-order valence-electron chi connectivity index (χ1n) is 19.8. The van der Waals surface area contributed by atoms with Gasteiger partial charge in [0.15, 0.2) is 11.6 Å². The second-order valence-electron chi connectivity index (χ2n) is 13.8. The molecule has 6 heteroatoms. The van der Waals surface area contributed by atoms with E-state index in [9.17, 15) is 0 Å². The first-order chi connectivity index (χ1) is 29.1. The largest absolute Gasteiger partial charge is 0.456 e. The van der Waals surface area contributed by atoms with Gasteiger partial charge in [0.2, 0.25) is 5.28 Å². The lowest BCUT2D eigenvalue weighted by Crippen LogP contribution is -1.97. The zero-order valence-corrected chi connectivity index (χ0v) is 33.4. The van der Waals surface area contributed by atoms with E-state index in [0.29, 0.717) is 11.6 Å². The number of nitrogens with zero attached hydrogens (tertiary/aromatic N) is 3. The molecular weight excluding hydrogens is 744 g/mol. The lowest BCUT2D eigenvalue weighted by molar-refractivity contribution is 0.669. The van der Waals surface area contributed by atoms with Crippen LogP contribution in [0, 0.1) is 0 Å². The molecule has 0 radical (unpaired) electrons. The number of H-pyrrole nitrogens is 1. The number of halogens is 1. The Labute approximate surface area is 347 Å². The monoisotopic (exact) mass is 782 g/mol. The first kappa shape index (κ1) is 37.2. The van der Waals surface area contributed by atoms with Gasteiger partial charge in [0.25, 0.3) is 0 Å². The number of fused-ring (bicyclic) bond motifs is 6. The molecule has 1 N–H and O–H groups in total. The summed E-state index contributed by atoms with van der Waals surface area (Å²) < 4.78 is 6.12. The molecular formula is C53H39ClN4O. The number of rotatable bonds is 5. The SMILES string of the molecule is CC.Clc1nc(-c2ccccc2)nc(-c2ccc(-c3ccccc3)cc2)n1.c1cc(-c2ccc3c(c2)oc2ccccc23)cc(-c2cccc3c2[nH]c2ccccc23)c1. The van der Waals surface area contributed by atoms with Gasteiger partial charge in [-0.2, -0.15) is 9.97 Å². The van der Waals surface area contributed by atoms with E-state index >= 15 is 0 Å². The van der Waals surface area contributed by atoms with Crippen molar-refractivity contribution in [1.82, 2.24) is 19.9 Å². The molecule has 0 aliphatic rings. The van der Waals surface area contributed by atoms with E-state index in [1.54, 1.807) is 0 Å². The topological polar surface area (TPSA) is 67.6 Å². The minimum atomic E-state index is 0.191. The van der Waals surface area contributed by atoms with E-state index in [2.05, 4.69) is 141 Å². The lowest BCUT2D eigenvalue weighted by atomic mass is 9.97. The van der Waals surface area contributed by atoms with Crippen molar-refractivity contribution in [2.24, 2.45) is 0 Å². The van der Waals surface area contributed by atoms with E-state index in [-0.39, 0.29) is 5.28 Å². The number of aromatic amines is 1. The zero-order chi connectivity index (χ0) is 40.1. The summed E-state index contributed by atoms with van der Waals surface area (Å²) in [6.45, 7) is 4.00. The highest BCUT2D eigenvalue weighted by molar-refractivity contribution is 6.28. The van der Waals surface area contributed by atoms with Crippen LogP contribution in [0.5, 0.6) is 0 Å². The Bertz CT molecular complexity index is 3190. The quantitative estimate of drug-likeness (QED) is 0.189. The van der Waals surface area contributed by atoms with Crippen molar-refractivity contribution >= 4 is 55.3 Å². The first-order valence-corrected chi connectivity index (χ1v) is 20.2. The van der Waals surface area contributed by atoms with Crippen LogP contribution >= 0.6 is 11.6 Å². The minimum Gasteiger partial charge on any atom is -0.456 e. The molecule has 0 saturated carbocycles. The maximum Gasteiger partial charge on any atom is 0.226 e. The van der Waals surface area contributed by atoms with Gasteiger partial charge in [0, 0.05) is 43.8 Å². The Hall–Kier alpha value is -7.34. The highest BCUT2D eigenvalue weighted by Crippen LogP contribution is 2.36. The van der Waals surface area contributed by atoms with E-state index in [0.717, 1.165) is 44.2 Å². The summed E-state index contributed by atoms with van der Waals surface area (Å²) in [5.74, 6) is 1.14. The van der Waals surface area contributed by atoms with E-state index in [1.165, 1.54) is 44.1 Å². The van der Waals surface area contributed by atoms with Crippen LogP contribution < -0.4 is 0 Å². The third-order valence-electron chi connectivity index (χ3n) is 10.3. The molecule has 0 spiro atoms. The molecule has 11 rings (SSSR count). The highest BCUT2D eigenvalue weighted by Gasteiger charge is 2.13. The number of nitrogens with one attached hydrogen (secondary N) is 1. The molecule has 0 amide bonds. The normalized spacial score (nSPS) is 11.0. The van der Waals surface area contributed by atoms with E-state index in [1.807, 2.05) is 86.6 Å². The van der Waals surface area contributed by atoms with Crippen molar-refractivity contribution in [3.63, 3.8) is 0 Å². The predicted octanol–water partition coefficient (Wildman–Crippen LogP) is 15.1. The Balaban J connectivity index is 0.000000151. The third kappa shape index (κ3) is 7.60. The number of benzene rings is 8. The molecule has 0 atom stereocenters. The smallest absolute Gasteiger partial charge is 0.226 e. The Morgan fingerprint density at radius 2 is 0.898 bits per heavy atom. The summed E-state index contributed by atoms with van der Waals surface area (Å²) in [5, 5.41) is 5.02. The summed E-state index contributed by atoms with van der Waals surface area (Å²) in [6, 6.07) is 66.6. The molecule has 8 aromatic carbocycles. The van der Waals surface area contributed by atoms with Gasteiger partial charge in [0.05, 0.1) is 5.52 Å². The second-order valence-corrected chi connectivity index (χ2v) is 14.2. The van der Waals surface area contributed by atoms with Gasteiger partial charge in [-0.15, -0.1) is 0 Å². The molecule has 59 heavy (non-hydrogen) atoms. The standard InChI is InChI=1S/C30H19NO.C21H14ClN3.C2H6/c1-3-13-27-23(9-1)26-12-6-11-22(30(26)31-27)21-8-5-7-19(17-21)20-15-16-25-24-10-2-4-14-28(24)32-29(25)18-20;22-21-24-19(17-9-5-2-6-10-17)23-20(25-21)18-13-11-16(12-14-18)15-7-3-1-4-8-15;1-2/h1-18,31H;1-14H;1-2H3. The molecule has 5 nitrogen and oxygen atoms in total. The fourth-order valence-electron chi connectivity index (χ4n) is 7.52. The van der Waals surface area contributed by atoms with Gasteiger partial charge < -0.3 is 9.40 Å². The summed E-state index contributed by atoms with van der Waals surface area (Å²) >= 11 is 6.11. The zero-order valence-electron chi connectivity index (χ0n) is 32.6. The molecule has 0 aliphatic carbocycles. The van der Waals surface area contributed by atoms with Gasteiger partial charge in [-0.3, -0.25) is 0 Å². The number of aromatic nitrogens is 4. The van der Waals surface area contributed by atoms with E-state index < -0.39 is 0 Å². The Morgan fingerprint density at radius 1 is 0.390 bits per heavy atom. The van der Waals surface area contributed by atoms with Crippen LogP contribution in [0.3, 0.4) is 0 Å². The van der Waals surface area contributed by atoms with Crippen LogP contribution in [-0.4, -0.2) is 19.9 Å². The van der Waals surface area contributed by atoms with Gasteiger partial charge in [0.1, 0.15) is 11.2 Å². The van der Waals surface area contributed by atoms with Crippen LogP contribution in [0.2, 0.25) is 5.28 Å². The van der Waals surface area contributed by atoms with Crippen LogP contribution in [0.1, 0.15) is 13.8 Å². The molecule has 3 heterocycles. The fraction of sp³-hybridized carbons (Fsp3) is 0.0377. The average molecular weight is 783 g/mol. The predicted molar refractivity (Wildman–Crippen MR) is 246 cm³/mol. The van der Waals surface area contributed by atoms with Gasteiger partial charge in [-0.25, -0.2) is 4.98 Å². The van der Waals surface area contributed by atoms with Crippen molar-refractivity contribution in [1.29, 1.82) is 0 Å². The van der Waals surface area contributed by atoms with Crippen LogP contribution in [-0.2, 0) is 0 Å². The van der Waals surface area contributed by atoms with E-state index in [4.69, 9.17) is 16.0 Å². The lowest BCUT2D eigenvalue weighted by Gasteiger charge is -2.08. The summed E-state index contributed by atoms with van der Waals surface area (Å²) in [6.07, 6.45) is 0. The summed E-state index contributed by atoms with van der Waals surface area (Å²) in [7, 11) is 0. The number of hydrogen-bond donors (Lipinski definition) is 1. The minimum absolute atomic E-state index is 0.191. The molecule has 11 aromatic rings. The molecule has 0 fully saturated rings. The molecule has 0 saturated heterocycles. The molecule has 0 unspecified atom stereocenters. The average Bonchev–Trinajstić information content (AvgIpc) is 3.89. The van der Waals surface area contributed by atoms with Crippen LogP contribution in [0.4, 0.5) is 0 Å². The number of hydrogen-bond acceptors (Lipinski definition) is 4. The molecule has 0 bridgehead atoms. The Morgan fingerprint density at radius 3 is 1.66 bits per heavy atom. The fourth-order valence-corrected chi connectivity index (χ4v) is 7.68. The Kier molecular flexibility index (Phi) is 10.5. The third-order valence-corrected chi connectivity index (χ3v) is 10.5. The van der Waals surface area contributed by atoms with Gasteiger partial charge >= 0.3 is 0 Å². The second kappa shape index (κ2) is 16.6. The summed E-state index contributed by atoms with van der Waals surface area (Å²) in [4.78, 5) is 16.7. The highest BCUT2D eigenvalue weighted by atomic mass is 35.5. The maximum atomic E-state index is 6.12. The van der Waals surface area contributed by atoms with Crippen LogP contribution in [0.25, 0.3) is 99.9 Å². The van der Waals surface area contributed by atoms with Crippen molar-refractivity contribution in [3.05, 3.63) is 199 Å². The number of para-hydroxylation sites is 3. The number of furan rings is 1. The van der Waals surface area contributed by atoms with Crippen molar-refractivity contribution in [3.8, 4) is 56.2 Å². The summed E-state index contributed by atoms with van der Waals surface area (Å²) in [5.41, 5.74) is 13.1. The van der Waals surface area contributed by atoms with Crippen molar-refractivity contribution in [2.75, 3.05) is 0 Å². The molecule has 0 aliphatic heterocycles. The molecule has 3 aromatic heterocycles. The van der Waals surface area contributed by atoms with Gasteiger partial charge in [-0.05, 0) is 69.8 Å². The maximum absolute atomic E-state index is 6.12. The van der Waals surface area contributed by atoms with Crippen molar-refractivity contribution in [2.45, 2.75) is 13.8 Å². The molecule has 284 valence electrons. The van der Waals surface area contributed by atoms with Gasteiger partial charge in [-0.1, -0.05) is 178 Å². The van der Waals surface area contributed by atoms with Crippen molar-refractivity contribution < 1.29 is 4.42 Å².